The Hall–Kier alpha value is -2.84. The average molecular weight is 369 g/mol. The van der Waals surface area contributed by atoms with Crippen molar-refractivity contribution in [2.24, 2.45) is 0 Å². The summed E-state index contributed by atoms with van der Waals surface area (Å²) in [7, 11) is 0. The summed E-state index contributed by atoms with van der Waals surface area (Å²) < 4.78 is 43.2. The van der Waals surface area contributed by atoms with Crippen LogP contribution in [0.2, 0.25) is 0 Å². The fourth-order valence-corrected chi connectivity index (χ4v) is 2.26. The van der Waals surface area contributed by atoms with Gasteiger partial charge >= 0.3 is 6.18 Å². The molecule has 1 unspecified atom stereocenters. The molecule has 9 heteroatoms. The number of amides is 2. The van der Waals surface area contributed by atoms with Crippen molar-refractivity contribution < 1.29 is 27.3 Å². The van der Waals surface area contributed by atoms with Crippen LogP contribution in [0.4, 0.5) is 19.0 Å². The SMILES string of the molecule is CCC(C)N(CC(=O)Nc1ccon1)C(=O)c1cccc(C(F)(F)F)c1. The Morgan fingerprint density at radius 2 is 2.04 bits per heavy atom. The first-order valence-electron chi connectivity index (χ1n) is 7.90. The van der Waals surface area contributed by atoms with Gasteiger partial charge in [-0.1, -0.05) is 18.1 Å². The normalized spacial score (nSPS) is 12.5. The highest BCUT2D eigenvalue weighted by atomic mass is 19.4. The van der Waals surface area contributed by atoms with E-state index in [2.05, 4.69) is 15.0 Å². The zero-order chi connectivity index (χ0) is 19.3. The van der Waals surface area contributed by atoms with Gasteiger partial charge in [0.1, 0.15) is 12.8 Å². The van der Waals surface area contributed by atoms with E-state index >= 15 is 0 Å². The van der Waals surface area contributed by atoms with Crippen LogP contribution in [-0.4, -0.2) is 34.5 Å². The van der Waals surface area contributed by atoms with Gasteiger partial charge in [0.05, 0.1) is 5.56 Å². The van der Waals surface area contributed by atoms with Gasteiger partial charge in [-0.2, -0.15) is 13.2 Å². The van der Waals surface area contributed by atoms with Crippen molar-refractivity contribution in [2.75, 3.05) is 11.9 Å². The highest BCUT2D eigenvalue weighted by Crippen LogP contribution is 2.30. The molecule has 0 saturated heterocycles. The fraction of sp³-hybridized carbons (Fsp3) is 0.353. The Labute approximate surface area is 148 Å². The molecule has 2 amide bonds. The Morgan fingerprint density at radius 3 is 2.62 bits per heavy atom. The minimum absolute atomic E-state index is 0.130. The summed E-state index contributed by atoms with van der Waals surface area (Å²) in [5.74, 6) is -0.995. The Bertz CT molecular complexity index is 760. The van der Waals surface area contributed by atoms with E-state index in [0.717, 1.165) is 12.1 Å². The summed E-state index contributed by atoms with van der Waals surface area (Å²) in [5.41, 5.74) is -1.05. The predicted molar refractivity (Wildman–Crippen MR) is 87.4 cm³/mol. The first-order valence-corrected chi connectivity index (χ1v) is 7.90. The van der Waals surface area contributed by atoms with Crippen molar-refractivity contribution in [3.05, 3.63) is 47.7 Å². The van der Waals surface area contributed by atoms with E-state index in [0.29, 0.717) is 6.42 Å². The van der Waals surface area contributed by atoms with E-state index in [1.807, 2.05) is 6.92 Å². The summed E-state index contributed by atoms with van der Waals surface area (Å²) in [6.45, 7) is 3.21. The molecule has 0 aliphatic heterocycles. The largest absolute Gasteiger partial charge is 0.416 e. The molecule has 1 heterocycles. The minimum atomic E-state index is -4.55. The topological polar surface area (TPSA) is 75.4 Å². The van der Waals surface area contributed by atoms with Crippen molar-refractivity contribution in [2.45, 2.75) is 32.5 Å². The molecule has 0 fully saturated rings. The predicted octanol–water partition coefficient (Wildman–Crippen LogP) is 3.57. The second kappa shape index (κ2) is 8.03. The number of alkyl halides is 3. The van der Waals surface area contributed by atoms with Crippen LogP contribution in [-0.2, 0) is 11.0 Å². The maximum Gasteiger partial charge on any atom is 0.416 e. The van der Waals surface area contributed by atoms with Crippen molar-refractivity contribution in [3.8, 4) is 0 Å². The van der Waals surface area contributed by atoms with Gasteiger partial charge in [0.15, 0.2) is 5.82 Å². The highest BCUT2D eigenvalue weighted by molar-refractivity contribution is 5.99. The summed E-state index contributed by atoms with van der Waals surface area (Å²) >= 11 is 0. The summed E-state index contributed by atoms with van der Waals surface area (Å²) in [6.07, 6.45) is -2.75. The van der Waals surface area contributed by atoms with Crippen LogP contribution < -0.4 is 5.32 Å². The van der Waals surface area contributed by atoms with Gasteiger partial charge in [-0.15, -0.1) is 0 Å². The minimum Gasteiger partial charge on any atom is -0.363 e. The molecule has 140 valence electrons. The number of aromatic nitrogens is 1. The van der Waals surface area contributed by atoms with Crippen LogP contribution in [0.1, 0.15) is 36.2 Å². The number of carbonyl (C=O) groups is 2. The van der Waals surface area contributed by atoms with Crippen LogP contribution in [0.15, 0.2) is 41.1 Å². The van der Waals surface area contributed by atoms with Gasteiger partial charge in [0.25, 0.3) is 5.91 Å². The Kier molecular flexibility index (Phi) is 6.01. The number of hydrogen-bond donors (Lipinski definition) is 1. The monoisotopic (exact) mass is 369 g/mol. The van der Waals surface area contributed by atoms with E-state index in [9.17, 15) is 22.8 Å². The van der Waals surface area contributed by atoms with Crippen LogP contribution in [0, 0.1) is 0 Å². The van der Waals surface area contributed by atoms with E-state index < -0.39 is 23.6 Å². The van der Waals surface area contributed by atoms with Gasteiger partial charge in [-0.25, -0.2) is 0 Å². The molecule has 1 N–H and O–H groups in total. The third kappa shape index (κ3) is 4.84. The number of anilines is 1. The maximum absolute atomic E-state index is 12.9. The molecule has 0 saturated carbocycles. The molecule has 0 radical (unpaired) electrons. The van der Waals surface area contributed by atoms with Gasteiger partial charge in [0, 0.05) is 17.7 Å². The van der Waals surface area contributed by atoms with Crippen LogP contribution in [0.25, 0.3) is 0 Å². The fourth-order valence-electron chi connectivity index (χ4n) is 2.26. The molecule has 0 bridgehead atoms. The zero-order valence-corrected chi connectivity index (χ0v) is 14.2. The van der Waals surface area contributed by atoms with Crippen molar-refractivity contribution >= 4 is 17.6 Å². The lowest BCUT2D eigenvalue weighted by Crippen LogP contribution is -2.43. The Balaban J connectivity index is 2.20. The lowest BCUT2D eigenvalue weighted by atomic mass is 10.1. The smallest absolute Gasteiger partial charge is 0.363 e. The van der Waals surface area contributed by atoms with Crippen LogP contribution in [0.3, 0.4) is 0 Å². The van der Waals surface area contributed by atoms with E-state index in [4.69, 9.17) is 0 Å². The van der Waals surface area contributed by atoms with Gasteiger partial charge < -0.3 is 14.7 Å². The van der Waals surface area contributed by atoms with Crippen molar-refractivity contribution in [1.82, 2.24) is 10.1 Å². The molecule has 1 aromatic carbocycles. The third-order valence-corrected chi connectivity index (χ3v) is 3.84. The number of halogens is 3. The molecular formula is C17H18F3N3O3. The summed E-state index contributed by atoms with van der Waals surface area (Å²) in [6, 6.07) is 5.22. The third-order valence-electron chi connectivity index (χ3n) is 3.84. The number of rotatable bonds is 6. The Morgan fingerprint density at radius 1 is 1.31 bits per heavy atom. The van der Waals surface area contributed by atoms with Gasteiger partial charge in [-0.05, 0) is 31.5 Å². The highest BCUT2D eigenvalue weighted by Gasteiger charge is 2.32. The first-order chi connectivity index (χ1) is 12.2. The lowest BCUT2D eigenvalue weighted by Gasteiger charge is -2.28. The summed E-state index contributed by atoms with van der Waals surface area (Å²) in [4.78, 5) is 26.1. The number of nitrogens with zero attached hydrogens (tertiary/aromatic N) is 2. The molecule has 2 rings (SSSR count). The first kappa shape index (κ1) is 19.5. The quantitative estimate of drug-likeness (QED) is 0.845. The van der Waals surface area contributed by atoms with Crippen molar-refractivity contribution in [3.63, 3.8) is 0 Å². The zero-order valence-electron chi connectivity index (χ0n) is 14.2. The molecule has 0 aliphatic rings. The molecule has 0 spiro atoms. The molecule has 2 aromatic rings. The number of nitrogens with one attached hydrogen (secondary N) is 1. The number of hydrogen-bond acceptors (Lipinski definition) is 4. The molecule has 6 nitrogen and oxygen atoms in total. The average Bonchev–Trinajstić information content (AvgIpc) is 3.10. The standard InChI is InChI=1S/C17H18F3N3O3/c1-3-11(2)23(10-15(24)21-14-7-8-26-22-14)16(25)12-5-4-6-13(9-12)17(18,19)20/h4-9,11H,3,10H2,1-2H3,(H,21,22,24). The molecule has 26 heavy (non-hydrogen) atoms. The van der Waals surface area contributed by atoms with Gasteiger partial charge in [0.2, 0.25) is 5.91 Å². The molecular weight excluding hydrogens is 351 g/mol. The number of carbonyl (C=O) groups excluding carboxylic acids is 2. The summed E-state index contributed by atoms with van der Waals surface area (Å²) in [5, 5.41) is 5.99. The van der Waals surface area contributed by atoms with Crippen molar-refractivity contribution in [1.29, 1.82) is 0 Å². The second-order valence-corrected chi connectivity index (χ2v) is 5.70. The lowest BCUT2D eigenvalue weighted by molar-refractivity contribution is -0.137. The van der Waals surface area contributed by atoms with Crippen LogP contribution >= 0.6 is 0 Å². The molecule has 0 aliphatic carbocycles. The van der Waals surface area contributed by atoms with Gasteiger partial charge in [-0.3, -0.25) is 9.59 Å². The van der Waals surface area contributed by atoms with E-state index in [1.54, 1.807) is 6.92 Å². The van der Waals surface area contributed by atoms with E-state index in [-0.39, 0.29) is 24.0 Å². The molecule has 1 aromatic heterocycles. The maximum atomic E-state index is 12.9. The molecule has 1 atom stereocenters. The second-order valence-electron chi connectivity index (χ2n) is 5.70. The van der Waals surface area contributed by atoms with E-state index in [1.165, 1.54) is 29.4 Å². The van der Waals surface area contributed by atoms with Crippen LogP contribution in [0.5, 0.6) is 0 Å². The number of benzene rings is 1.